The van der Waals surface area contributed by atoms with E-state index in [2.05, 4.69) is 15.5 Å². The Kier molecular flexibility index (Phi) is 5.05. The summed E-state index contributed by atoms with van der Waals surface area (Å²) < 4.78 is 3.68. The van der Waals surface area contributed by atoms with Gasteiger partial charge in [-0.15, -0.1) is 0 Å². The minimum Gasteiger partial charge on any atom is -0.309 e. The van der Waals surface area contributed by atoms with Crippen LogP contribution in [0.5, 0.6) is 0 Å². The van der Waals surface area contributed by atoms with Crippen LogP contribution in [-0.2, 0) is 11.3 Å². The molecule has 0 atom stereocenters. The molecule has 1 aliphatic carbocycles. The van der Waals surface area contributed by atoms with Crippen LogP contribution in [0.4, 0.5) is 5.82 Å². The molecule has 0 spiro atoms. The second kappa shape index (κ2) is 7.78. The lowest BCUT2D eigenvalue weighted by molar-refractivity contribution is -0.117. The molecule has 140 valence electrons. The van der Waals surface area contributed by atoms with Crippen molar-refractivity contribution < 1.29 is 4.79 Å². The summed E-state index contributed by atoms with van der Waals surface area (Å²) in [6.07, 6.45) is 9.68. The maximum atomic E-state index is 12.6. The highest BCUT2D eigenvalue weighted by molar-refractivity contribution is 5.89. The maximum absolute atomic E-state index is 12.6. The monoisotopic (exact) mass is 363 g/mol. The van der Waals surface area contributed by atoms with Gasteiger partial charge < -0.3 is 5.32 Å². The molecule has 1 N–H and O–H groups in total. The van der Waals surface area contributed by atoms with Gasteiger partial charge >= 0.3 is 0 Å². The van der Waals surface area contributed by atoms with Crippen LogP contribution < -0.4 is 5.32 Å². The predicted octanol–water partition coefficient (Wildman–Crippen LogP) is 4.20. The Morgan fingerprint density at radius 1 is 1.15 bits per heavy atom. The number of benzene rings is 1. The number of hydrogen-bond donors (Lipinski definition) is 1. The molecule has 0 bridgehead atoms. The Bertz CT molecular complexity index is 906. The molecule has 2 heterocycles. The number of anilines is 1. The SMILES string of the molecule is Cc1cn(CC(=O)Nc2ccnn2C2CCCCC2)nc1-c1ccccc1. The topological polar surface area (TPSA) is 64.7 Å². The van der Waals surface area contributed by atoms with E-state index < -0.39 is 0 Å². The number of aryl methyl sites for hydroxylation is 1. The third-order valence-corrected chi connectivity index (χ3v) is 5.16. The third-order valence-electron chi connectivity index (χ3n) is 5.16. The summed E-state index contributed by atoms with van der Waals surface area (Å²) in [5.74, 6) is 0.689. The second-order valence-electron chi connectivity index (χ2n) is 7.23. The Morgan fingerprint density at radius 2 is 1.93 bits per heavy atom. The van der Waals surface area contributed by atoms with Gasteiger partial charge in [-0.1, -0.05) is 49.6 Å². The Labute approximate surface area is 159 Å². The van der Waals surface area contributed by atoms with Crippen LogP contribution in [-0.4, -0.2) is 25.5 Å². The van der Waals surface area contributed by atoms with Gasteiger partial charge in [0.1, 0.15) is 12.4 Å². The lowest BCUT2D eigenvalue weighted by atomic mass is 9.96. The van der Waals surface area contributed by atoms with Crippen LogP contribution in [0.15, 0.2) is 48.8 Å². The Balaban J connectivity index is 1.44. The summed E-state index contributed by atoms with van der Waals surface area (Å²) in [4.78, 5) is 12.6. The molecule has 0 saturated heterocycles. The van der Waals surface area contributed by atoms with Crippen molar-refractivity contribution in [2.75, 3.05) is 5.32 Å². The number of carbonyl (C=O) groups excluding carboxylic acids is 1. The first-order valence-electron chi connectivity index (χ1n) is 9.63. The van der Waals surface area contributed by atoms with Gasteiger partial charge in [-0.05, 0) is 25.3 Å². The molecule has 0 radical (unpaired) electrons. The van der Waals surface area contributed by atoms with Gasteiger partial charge in [-0.25, -0.2) is 4.68 Å². The van der Waals surface area contributed by atoms with Gasteiger partial charge in [0.25, 0.3) is 0 Å². The number of rotatable bonds is 5. The molecule has 1 amide bonds. The molecule has 6 heteroatoms. The largest absolute Gasteiger partial charge is 0.309 e. The molecule has 2 aromatic heterocycles. The minimum atomic E-state index is -0.0883. The van der Waals surface area contributed by atoms with Crippen molar-refractivity contribution in [3.05, 3.63) is 54.4 Å². The van der Waals surface area contributed by atoms with Gasteiger partial charge in [0.05, 0.1) is 17.9 Å². The average molecular weight is 363 g/mol. The van der Waals surface area contributed by atoms with E-state index in [1.165, 1.54) is 19.3 Å². The lowest BCUT2D eigenvalue weighted by Crippen LogP contribution is -2.23. The van der Waals surface area contributed by atoms with E-state index in [4.69, 9.17) is 0 Å². The van der Waals surface area contributed by atoms with Gasteiger partial charge in [-0.2, -0.15) is 10.2 Å². The maximum Gasteiger partial charge on any atom is 0.247 e. The predicted molar refractivity (Wildman–Crippen MR) is 105 cm³/mol. The molecular weight excluding hydrogens is 338 g/mol. The minimum absolute atomic E-state index is 0.0883. The summed E-state index contributed by atoms with van der Waals surface area (Å²) >= 11 is 0. The molecule has 1 fully saturated rings. The standard InChI is InChI=1S/C21H25N5O/c1-16-14-25(24-21(16)17-8-4-2-5-9-17)15-20(27)23-19-12-13-22-26(19)18-10-6-3-7-11-18/h2,4-5,8-9,12-14,18H,3,6-7,10-11,15H2,1H3,(H,23,27). The molecule has 0 aliphatic heterocycles. The quantitative estimate of drug-likeness (QED) is 0.739. The van der Waals surface area contributed by atoms with Crippen LogP contribution in [0.3, 0.4) is 0 Å². The third kappa shape index (κ3) is 3.94. The van der Waals surface area contributed by atoms with Crippen molar-refractivity contribution in [3.8, 4) is 11.3 Å². The van der Waals surface area contributed by atoms with Crippen molar-refractivity contribution >= 4 is 11.7 Å². The molecule has 4 rings (SSSR count). The highest BCUT2D eigenvalue weighted by Gasteiger charge is 2.19. The molecule has 3 aromatic rings. The van der Waals surface area contributed by atoms with Gasteiger partial charge in [0.15, 0.2) is 0 Å². The molecule has 0 unspecified atom stereocenters. The van der Waals surface area contributed by atoms with Crippen LogP contribution in [0.1, 0.15) is 43.7 Å². The number of amides is 1. The highest BCUT2D eigenvalue weighted by Crippen LogP contribution is 2.30. The zero-order valence-electron chi connectivity index (χ0n) is 15.6. The first-order valence-corrected chi connectivity index (χ1v) is 9.63. The van der Waals surface area contributed by atoms with Crippen molar-refractivity contribution in [2.45, 2.75) is 51.6 Å². The van der Waals surface area contributed by atoms with Gasteiger partial charge in [0.2, 0.25) is 5.91 Å². The van der Waals surface area contributed by atoms with Crippen LogP contribution in [0.25, 0.3) is 11.3 Å². The van der Waals surface area contributed by atoms with E-state index in [0.29, 0.717) is 6.04 Å². The summed E-state index contributed by atoms with van der Waals surface area (Å²) in [7, 11) is 0. The Morgan fingerprint density at radius 3 is 2.70 bits per heavy atom. The summed E-state index contributed by atoms with van der Waals surface area (Å²) in [5.41, 5.74) is 3.03. The van der Waals surface area contributed by atoms with Gasteiger partial charge in [-0.3, -0.25) is 9.48 Å². The Hall–Kier alpha value is -2.89. The molecule has 1 aromatic carbocycles. The number of nitrogens with one attached hydrogen (secondary N) is 1. The molecule has 1 aliphatic rings. The number of carbonyl (C=O) groups is 1. The molecule has 27 heavy (non-hydrogen) atoms. The number of nitrogens with zero attached hydrogens (tertiary/aromatic N) is 4. The molecule has 6 nitrogen and oxygen atoms in total. The van der Waals surface area contributed by atoms with Crippen molar-refractivity contribution in [1.82, 2.24) is 19.6 Å². The average Bonchev–Trinajstić information content (AvgIpc) is 3.29. The van der Waals surface area contributed by atoms with Crippen LogP contribution in [0.2, 0.25) is 0 Å². The fourth-order valence-corrected chi connectivity index (χ4v) is 3.84. The smallest absolute Gasteiger partial charge is 0.247 e. The second-order valence-corrected chi connectivity index (χ2v) is 7.23. The first-order chi connectivity index (χ1) is 13.2. The highest BCUT2D eigenvalue weighted by atomic mass is 16.2. The van der Waals surface area contributed by atoms with E-state index in [0.717, 1.165) is 35.5 Å². The van der Waals surface area contributed by atoms with Crippen LogP contribution in [0, 0.1) is 6.92 Å². The fourth-order valence-electron chi connectivity index (χ4n) is 3.84. The molecular formula is C21H25N5O. The van der Waals surface area contributed by atoms with E-state index in [-0.39, 0.29) is 12.5 Å². The number of aromatic nitrogens is 4. The van der Waals surface area contributed by atoms with E-state index in [1.807, 2.05) is 54.2 Å². The summed E-state index contributed by atoms with van der Waals surface area (Å²) in [5, 5.41) is 12.0. The first kappa shape index (κ1) is 17.5. The summed E-state index contributed by atoms with van der Waals surface area (Å²) in [6.45, 7) is 2.20. The van der Waals surface area contributed by atoms with E-state index in [1.54, 1.807) is 10.9 Å². The zero-order chi connectivity index (χ0) is 18.6. The van der Waals surface area contributed by atoms with E-state index >= 15 is 0 Å². The van der Waals surface area contributed by atoms with Gasteiger partial charge in [0, 0.05) is 17.8 Å². The molecule has 1 saturated carbocycles. The zero-order valence-corrected chi connectivity index (χ0v) is 15.6. The lowest BCUT2D eigenvalue weighted by Gasteiger charge is -2.23. The normalized spacial score (nSPS) is 15.0. The summed E-state index contributed by atoms with van der Waals surface area (Å²) in [6, 6.07) is 12.3. The van der Waals surface area contributed by atoms with Crippen molar-refractivity contribution in [3.63, 3.8) is 0 Å². The van der Waals surface area contributed by atoms with E-state index in [9.17, 15) is 4.79 Å². The number of hydrogen-bond acceptors (Lipinski definition) is 3. The van der Waals surface area contributed by atoms with Crippen molar-refractivity contribution in [2.24, 2.45) is 0 Å². The fraction of sp³-hybridized carbons (Fsp3) is 0.381. The van der Waals surface area contributed by atoms with Crippen LogP contribution >= 0.6 is 0 Å². The van der Waals surface area contributed by atoms with Crippen molar-refractivity contribution in [1.29, 1.82) is 0 Å².